The van der Waals surface area contributed by atoms with Crippen molar-refractivity contribution >= 4 is 48.0 Å². The lowest BCUT2D eigenvalue weighted by Gasteiger charge is -2.09. The molecule has 0 amide bonds. The molecule has 0 radical (unpaired) electrons. The molecule has 1 aliphatic rings. The summed E-state index contributed by atoms with van der Waals surface area (Å²) in [5.74, 6) is 1.05. The van der Waals surface area contributed by atoms with Gasteiger partial charge in [-0.3, -0.25) is 0 Å². The largest absolute Gasteiger partial charge is 0.490 e. The van der Waals surface area contributed by atoms with E-state index in [4.69, 9.17) is 4.74 Å². The van der Waals surface area contributed by atoms with E-state index in [-0.39, 0.29) is 4.83 Å². The van der Waals surface area contributed by atoms with Crippen molar-refractivity contribution in [1.82, 2.24) is 0 Å². The monoisotopic (exact) mass is 364 g/mol. The zero-order chi connectivity index (χ0) is 13.7. The van der Waals surface area contributed by atoms with Crippen LogP contribution in [0.25, 0.3) is 9.40 Å². The van der Waals surface area contributed by atoms with Crippen LogP contribution >= 0.6 is 38.6 Å². The Morgan fingerprint density at radius 2 is 2.15 bits per heavy atom. The highest BCUT2D eigenvalue weighted by Crippen LogP contribution is 2.41. The fourth-order valence-corrected chi connectivity index (χ4v) is 5.50. The molecule has 2 unspecified atom stereocenters. The van der Waals surface area contributed by atoms with Crippen LogP contribution in [-0.2, 0) is 6.42 Å². The van der Waals surface area contributed by atoms with Crippen molar-refractivity contribution in [3.8, 4) is 5.75 Å². The van der Waals surface area contributed by atoms with Crippen molar-refractivity contribution in [1.29, 1.82) is 0 Å². The summed E-state index contributed by atoms with van der Waals surface area (Å²) in [6, 6.07) is 11.1. The van der Waals surface area contributed by atoms with E-state index in [1.165, 1.54) is 25.4 Å². The van der Waals surface area contributed by atoms with Crippen molar-refractivity contribution in [2.45, 2.75) is 24.3 Å². The smallest absolute Gasteiger partial charge is 0.123 e. The van der Waals surface area contributed by atoms with Gasteiger partial charge in [0.15, 0.2) is 0 Å². The molecule has 0 saturated heterocycles. The zero-order valence-corrected chi connectivity index (χ0v) is 14.1. The minimum Gasteiger partial charge on any atom is -0.490 e. The second-order valence-corrected chi connectivity index (χ2v) is 8.14. The van der Waals surface area contributed by atoms with Crippen molar-refractivity contribution in [3.63, 3.8) is 0 Å². The van der Waals surface area contributed by atoms with E-state index in [0.717, 1.165) is 12.2 Å². The first-order valence-corrected chi connectivity index (χ1v) is 9.22. The zero-order valence-electron chi connectivity index (χ0n) is 10.9. The molecule has 0 N–H and O–H groups in total. The van der Waals surface area contributed by atoms with Crippen molar-refractivity contribution in [2.24, 2.45) is 0 Å². The maximum absolute atomic E-state index is 5.77. The van der Waals surface area contributed by atoms with E-state index in [0.29, 0.717) is 6.10 Å². The number of hydrogen-bond donors (Lipinski definition) is 0. The van der Waals surface area contributed by atoms with Gasteiger partial charge in [0.25, 0.3) is 0 Å². The number of alkyl halides is 1. The van der Waals surface area contributed by atoms with Gasteiger partial charge in [-0.2, -0.15) is 0 Å². The average molecular weight is 365 g/mol. The van der Waals surface area contributed by atoms with E-state index in [2.05, 4.69) is 58.6 Å². The lowest BCUT2D eigenvalue weighted by Crippen LogP contribution is -2.05. The van der Waals surface area contributed by atoms with Gasteiger partial charge >= 0.3 is 0 Å². The third-order valence-electron chi connectivity index (χ3n) is 3.62. The minimum absolute atomic E-state index is 0.272. The van der Waals surface area contributed by atoms with E-state index in [1.807, 2.05) is 22.7 Å². The summed E-state index contributed by atoms with van der Waals surface area (Å²) < 4.78 is 8.54. The fraction of sp³-hybridized carbons (Fsp3) is 0.250. The maximum Gasteiger partial charge on any atom is 0.123 e. The fourth-order valence-electron chi connectivity index (χ4n) is 2.67. The standard InChI is InChI=1S/C16H13BrOS2/c1-9-6-11-7-10(2-3-12(11)18-9)16(17)15-8-14-13(20-15)4-5-19-14/h2-5,7-9,16H,6H2,1H3. The number of thiophene rings is 2. The number of rotatable bonds is 2. The normalized spacial score (nSPS) is 19.0. The van der Waals surface area contributed by atoms with Crippen molar-refractivity contribution in [3.05, 3.63) is 51.7 Å². The van der Waals surface area contributed by atoms with Gasteiger partial charge in [0.1, 0.15) is 11.9 Å². The van der Waals surface area contributed by atoms with E-state index in [9.17, 15) is 0 Å². The van der Waals surface area contributed by atoms with Crippen LogP contribution in [0.3, 0.4) is 0 Å². The molecule has 1 nitrogen and oxygen atoms in total. The summed E-state index contributed by atoms with van der Waals surface area (Å²) in [7, 11) is 0. The molecule has 4 rings (SSSR count). The van der Waals surface area contributed by atoms with Gasteiger partial charge in [-0.1, -0.05) is 28.1 Å². The van der Waals surface area contributed by atoms with E-state index < -0.39 is 0 Å². The van der Waals surface area contributed by atoms with Gasteiger partial charge in [-0.25, -0.2) is 0 Å². The molecule has 2 aromatic heterocycles. The van der Waals surface area contributed by atoms with Gasteiger partial charge < -0.3 is 4.74 Å². The topological polar surface area (TPSA) is 9.23 Å². The van der Waals surface area contributed by atoms with Crippen LogP contribution in [0, 0.1) is 0 Å². The second-order valence-electron chi connectivity index (χ2n) is 5.16. The molecule has 1 aromatic carbocycles. The molecule has 0 saturated carbocycles. The molecule has 102 valence electrons. The Hall–Kier alpha value is -0.840. The van der Waals surface area contributed by atoms with Crippen LogP contribution in [0.4, 0.5) is 0 Å². The predicted molar refractivity (Wildman–Crippen MR) is 90.7 cm³/mol. The molecule has 0 spiro atoms. The van der Waals surface area contributed by atoms with E-state index >= 15 is 0 Å². The number of benzene rings is 1. The molecule has 2 atom stereocenters. The van der Waals surface area contributed by atoms with Gasteiger partial charge in [-0.15, -0.1) is 22.7 Å². The highest BCUT2D eigenvalue weighted by Gasteiger charge is 2.21. The first kappa shape index (κ1) is 12.9. The Morgan fingerprint density at radius 3 is 3.00 bits per heavy atom. The van der Waals surface area contributed by atoms with Crippen LogP contribution in [0.15, 0.2) is 35.7 Å². The third kappa shape index (κ3) is 2.10. The summed E-state index contributed by atoms with van der Waals surface area (Å²) in [6.45, 7) is 2.12. The Labute approximate surface area is 134 Å². The molecular weight excluding hydrogens is 352 g/mol. The Morgan fingerprint density at radius 1 is 1.25 bits per heavy atom. The molecule has 3 heterocycles. The van der Waals surface area contributed by atoms with Gasteiger partial charge in [0.05, 0.1) is 4.83 Å². The van der Waals surface area contributed by atoms with Gasteiger partial charge in [0.2, 0.25) is 0 Å². The molecule has 0 bridgehead atoms. The summed E-state index contributed by atoms with van der Waals surface area (Å²) in [5, 5.41) is 2.16. The summed E-state index contributed by atoms with van der Waals surface area (Å²) in [4.78, 5) is 1.65. The molecule has 0 aliphatic carbocycles. The molecule has 0 fully saturated rings. The lowest BCUT2D eigenvalue weighted by molar-refractivity contribution is 0.254. The first-order valence-electron chi connectivity index (χ1n) is 6.61. The number of fused-ring (bicyclic) bond motifs is 2. The molecule has 20 heavy (non-hydrogen) atoms. The minimum atomic E-state index is 0.272. The molecule has 3 aromatic rings. The number of halogens is 1. The van der Waals surface area contributed by atoms with Crippen molar-refractivity contribution < 1.29 is 4.74 Å². The second kappa shape index (κ2) is 4.86. The maximum atomic E-state index is 5.77. The van der Waals surface area contributed by atoms with Crippen molar-refractivity contribution in [2.75, 3.05) is 0 Å². The average Bonchev–Trinajstić information content (AvgIpc) is 3.08. The lowest BCUT2D eigenvalue weighted by atomic mass is 10.0. The van der Waals surface area contributed by atoms with Crippen LogP contribution < -0.4 is 4.74 Å². The predicted octanol–water partition coefficient (Wildman–Crippen LogP) is 5.77. The summed E-state index contributed by atoms with van der Waals surface area (Å²) >= 11 is 7.54. The van der Waals surface area contributed by atoms with Gasteiger partial charge in [-0.05, 0) is 41.6 Å². The molecule has 4 heteroatoms. The summed E-state index contributed by atoms with van der Waals surface area (Å²) in [6.07, 6.45) is 1.32. The quantitative estimate of drug-likeness (QED) is 0.524. The number of hydrogen-bond acceptors (Lipinski definition) is 3. The Balaban J connectivity index is 1.70. The van der Waals surface area contributed by atoms with Gasteiger partial charge in [0, 0.05) is 20.7 Å². The third-order valence-corrected chi connectivity index (χ3v) is 7.10. The molecular formula is C16H13BrOS2. The van der Waals surface area contributed by atoms with Crippen LogP contribution in [-0.4, -0.2) is 6.10 Å². The first-order chi connectivity index (χ1) is 9.70. The Bertz CT molecular complexity index is 745. The SMILES string of the molecule is CC1Cc2cc(C(Br)c3cc4sccc4s3)ccc2O1. The van der Waals surface area contributed by atoms with E-state index in [1.54, 1.807) is 0 Å². The van der Waals surface area contributed by atoms with Crippen LogP contribution in [0.5, 0.6) is 5.75 Å². The highest BCUT2D eigenvalue weighted by atomic mass is 79.9. The van der Waals surface area contributed by atoms with Crippen LogP contribution in [0.1, 0.15) is 27.8 Å². The van der Waals surface area contributed by atoms with Crippen LogP contribution in [0.2, 0.25) is 0 Å². The highest BCUT2D eigenvalue weighted by molar-refractivity contribution is 9.09. The molecule has 1 aliphatic heterocycles. The Kier molecular flexibility index (Phi) is 3.13. The number of ether oxygens (including phenoxy) is 1. The summed E-state index contributed by atoms with van der Waals surface area (Å²) in [5.41, 5.74) is 2.65.